The number of fused-ring (bicyclic) bond motifs is 1. The molecule has 0 saturated heterocycles. The molecule has 1 aliphatic heterocycles. The van der Waals surface area contributed by atoms with Gasteiger partial charge in [0.1, 0.15) is 0 Å². The zero-order valence-corrected chi connectivity index (χ0v) is 17.8. The number of carbonyl (C=O) groups excluding carboxylic acids is 2. The average Bonchev–Trinajstić information content (AvgIpc) is 3.13. The molecule has 0 radical (unpaired) electrons. The molecule has 1 spiro atoms. The van der Waals surface area contributed by atoms with Gasteiger partial charge in [-0.3, -0.25) is 9.59 Å². The van der Waals surface area contributed by atoms with E-state index in [-0.39, 0.29) is 11.8 Å². The van der Waals surface area contributed by atoms with Gasteiger partial charge < -0.3 is 15.0 Å². The van der Waals surface area contributed by atoms with Gasteiger partial charge in [0.15, 0.2) is 5.13 Å². The van der Waals surface area contributed by atoms with Crippen molar-refractivity contribution in [1.29, 1.82) is 0 Å². The number of methoxy groups -OCH3 is 1. The maximum atomic E-state index is 13.6. The van der Waals surface area contributed by atoms with Crippen LogP contribution in [0, 0.1) is 6.92 Å². The van der Waals surface area contributed by atoms with Gasteiger partial charge in [-0.05, 0) is 31.4 Å². The van der Waals surface area contributed by atoms with Gasteiger partial charge in [-0.1, -0.05) is 37.5 Å². The number of anilines is 1. The van der Waals surface area contributed by atoms with Gasteiger partial charge in [0, 0.05) is 24.6 Å². The first-order chi connectivity index (χ1) is 14.1. The standard InChI is InChI=1S/C22H27N3O3S/c1-15-14-29-21(23-15)24-19(26)18-16-8-4-5-9-17(16)20(27)25(12-13-28-2)22(18)10-6-3-7-11-22/h4-5,8-9,14,18H,3,6-7,10-13H2,1-2H3,(H,23,24,26)/t18-/m1/s1. The highest BCUT2D eigenvalue weighted by Crippen LogP contribution is 2.49. The number of ether oxygens (including phenoxy) is 1. The van der Waals surface area contributed by atoms with Gasteiger partial charge in [0.05, 0.1) is 23.8 Å². The van der Waals surface area contributed by atoms with E-state index >= 15 is 0 Å². The first-order valence-corrected chi connectivity index (χ1v) is 11.1. The number of benzene rings is 1. The Labute approximate surface area is 175 Å². The summed E-state index contributed by atoms with van der Waals surface area (Å²) >= 11 is 1.43. The zero-order valence-electron chi connectivity index (χ0n) is 16.9. The number of nitrogens with zero attached hydrogens (tertiary/aromatic N) is 2. The fourth-order valence-electron chi connectivity index (χ4n) is 4.94. The third-order valence-electron chi connectivity index (χ3n) is 6.17. The van der Waals surface area contributed by atoms with E-state index in [0.717, 1.165) is 43.4 Å². The highest BCUT2D eigenvalue weighted by Gasteiger charge is 2.54. The minimum absolute atomic E-state index is 0.00805. The largest absolute Gasteiger partial charge is 0.383 e. The molecule has 4 rings (SSSR count). The summed E-state index contributed by atoms with van der Waals surface area (Å²) in [5, 5.41) is 5.57. The van der Waals surface area contributed by atoms with Crippen LogP contribution >= 0.6 is 11.3 Å². The van der Waals surface area contributed by atoms with E-state index in [0.29, 0.717) is 23.8 Å². The lowest BCUT2D eigenvalue weighted by atomic mass is 9.65. The van der Waals surface area contributed by atoms with E-state index in [1.54, 1.807) is 7.11 Å². The SMILES string of the molecule is COCCN1C(=O)c2ccccc2[C@H](C(=O)Nc2nc(C)cs2)C12CCCCC2. The van der Waals surface area contributed by atoms with Gasteiger partial charge >= 0.3 is 0 Å². The summed E-state index contributed by atoms with van der Waals surface area (Å²) < 4.78 is 5.31. The molecular weight excluding hydrogens is 386 g/mol. The lowest BCUT2D eigenvalue weighted by molar-refractivity contribution is -0.122. The topological polar surface area (TPSA) is 71.5 Å². The Morgan fingerprint density at radius 3 is 2.76 bits per heavy atom. The molecule has 1 aliphatic carbocycles. The number of amides is 2. The Morgan fingerprint density at radius 2 is 2.07 bits per heavy atom. The summed E-state index contributed by atoms with van der Waals surface area (Å²) in [6.45, 7) is 2.86. The molecule has 154 valence electrons. The van der Waals surface area contributed by atoms with Crippen molar-refractivity contribution in [3.8, 4) is 0 Å². The molecule has 2 aliphatic rings. The molecule has 0 bridgehead atoms. The molecule has 1 aromatic heterocycles. The number of aryl methyl sites for hydroxylation is 1. The Hall–Kier alpha value is -2.25. The second kappa shape index (κ2) is 8.24. The van der Waals surface area contributed by atoms with Crippen LogP contribution in [0.4, 0.5) is 5.13 Å². The lowest BCUT2D eigenvalue weighted by Crippen LogP contribution is -2.62. The first-order valence-electron chi connectivity index (χ1n) is 10.2. The fraction of sp³-hybridized carbons (Fsp3) is 0.500. The average molecular weight is 414 g/mol. The molecule has 6 nitrogen and oxygen atoms in total. The Kier molecular flexibility index (Phi) is 5.69. The van der Waals surface area contributed by atoms with Crippen LogP contribution in [0.25, 0.3) is 0 Å². The molecule has 0 unspecified atom stereocenters. The van der Waals surface area contributed by atoms with Crippen molar-refractivity contribution in [2.45, 2.75) is 50.5 Å². The van der Waals surface area contributed by atoms with Crippen LogP contribution in [0.5, 0.6) is 0 Å². The van der Waals surface area contributed by atoms with Crippen molar-refractivity contribution < 1.29 is 14.3 Å². The van der Waals surface area contributed by atoms with Crippen LogP contribution in [0.1, 0.15) is 59.6 Å². The second-order valence-electron chi connectivity index (χ2n) is 7.92. The number of nitrogens with one attached hydrogen (secondary N) is 1. The van der Waals surface area contributed by atoms with Gasteiger partial charge in [-0.25, -0.2) is 4.98 Å². The molecule has 2 aromatic rings. The number of rotatable bonds is 5. The van der Waals surface area contributed by atoms with Crippen LogP contribution in [-0.2, 0) is 9.53 Å². The third-order valence-corrected chi connectivity index (χ3v) is 7.05. The molecule has 1 saturated carbocycles. The Balaban J connectivity index is 1.80. The summed E-state index contributed by atoms with van der Waals surface area (Å²) in [5.74, 6) is -0.491. The number of hydrogen-bond acceptors (Lipinski definition) is 5. The van der Waals surface area contributed by atoms with Crippen molar-refractivity contribution in [2.75, 3.05) is 25.6 Å². The van der Waals surface area contributed by atoms with Crippen molar-refractivity contribution in [3.63, 3.8) is 0 Å². The minimum atomic E-state index is -0.515. The van der Waals surface area contributed by atoms with Crippen LogP contribution < -0.4 is 5.32 Å². The molecule has 29 heavy (non-hydrogen) atoms. The van der Waals surface area contributed by atoms with Gasteiger partial charge in [0.25, 0.3) is 5.91 Å². The van der Waals surface area contributed by atoms with Crippen molar-refractivity contribution in [3.05, 3.63) is 46.5 Å². The summed E-state index contributed by atoms with van der Waals surface area (Å²) in [4.78, 5) is 33.4. The second-order valence-corrected chi connectivity index (χ2v) is 8.78. The highest BCUT2D eigenvalue weighted by atomic mass is 32.1. The smallest absolute Gasteiger partial charge is 0.254 e. The van der Waals surface area contributed by atoms with Gasteiger partial charge in [-0.15, -0.1) is 11.3 Å². The number of thiazole rings is 1. The van der Waals surface area contributed by atoms with Crippen molar-refractivity contribution in [1.82, 2.24) is 9.88 Å². The molecule has 7 heteroatoms. The number of aromatic nitrogens is 1. The highest BCUT2D eigenvalue weighted by molar-refractivity contribution is 7.13. The molecule has 2 amide bonds. The molecule has 1 N–H and O–H groups in total. The monoisotopic (exact) mass is 413 g/mol. The van der Waals surface area contributed by atoms with E-state index in [2.05, 4.69) is 10.3 Å². The lowest BCUT2D eigenvalue weighted by Gasteiger charge is -2.53. The maximum Gasteiger partial charge on any atom is 0.254 e. The molecule has 1 atom stereocenters. The summed E-state index contributed by atoms with van der Waals surface area (Å²) in [6.07, 6.45) is 4.81. The molecular formula is C22H27N3O3S. The summed E-state index contributed by atoms with van der Waals surface area (Å²) in [7, 11) is 1.64. The van der Waals surface area contributed by atoms with Gasteiger partial charge in [0.2, 0.25) is 5.91 Å². The Bertz CT molecular complexity index is 904. The summed E-state index contributed by atoms with van der Waals surface area (Å²) in [6, 6.07) is 7.56. The normalized spacial score (nSPS) is 20.6. The molecule has 1 aromatic carbocycles. The van der Waals surface area contributed by atoms with E-state index in [1.807, 2.05) is 41.5 Å². The fourth-order valence-corrected chi connectivity index (χ4v) is 5.63. The molecule has 1 fully saturated rings. The summed E-state index contributed by atoms with van der Waals surface area (Å²) in [5.41, 5.74) is 1.83. The van der Waals surface area contributed by atoms with Crippen LogP contribution in [-0.4, -0.2) is 47.5 Å². The predicted molar refractivity (Wildman–Crippen MR) is 113 cm³/mol. The van der Waals surface area contributed by atoms with E-state index in [4.69, 9.17) is 4.74 Å². The van der Waals surface area contributed by atoms with Gasteiger partial charge in [-0.2, -0.15) is 0 Å². The number of carbonyl (C=O) groups is 2. The van der Waals surface area contributed by atoms with E-state index in [9.17, 15) is 9.59 Å². The quantitative estimate of drug-likeness (QED) is 0.805. The maximum absolute atomic E-state index is 13.6. The van der Waals surface area contributed by atoms with E-state index in [1.165, 1.54) is 11.3 Å². The van der Waals surface area contributed by atoms with Crippen LogP contribution in [0.15, 0.2) is 29.6 Å². The van der Waals surface area contributed by atoms with Crippen molar-refractivity contribution in [2.24, 2.45) is 0 Å². The minimum Gasteiger partial charge on any atom is -0.383 e. The van der Waals surface area contributed by atoms with Crippen molar-refractivity contribution >= 4 is 28.3 Å². The van der Waals surface area contributed by atoms with Crippen LogP contribution in [0.3, 0.4) is 0 Å². The predicted octanol–water partition coefficient (Wildman–Crippen LogP) is 3.98. The third kappa shape index (κ3) is 3.57. The molecule has 2 heterocycles. The number of hydrogen-bond donors (Lipinski definition) is 1. The van der Waals surface area contributed by atoms with E-state index < -0.39 is 11.5 Å². The first kappa shape index (κ1) is 20.0. The Morgan fingerprint density at radius 1 is 1.31 bits per heavy atom. The zero-order chi connectivity index (χ0) is 20.4. The van der Waals surface area contributed by atoms with Crippen LogP contribution in [0.2, 0.25) is 0 Å².